The van der Waals surface area contributed by atoms with Gasteiger partial charge in [-0.2, -0.15) is 0 Å². The van der Waals surface area contributed by atoms with Crippen molar-refractivity contribution in [2.75, 3.05) is 11.1 Å². The normalized spacial score (nSPS) is 10.3. The highest BCUT2D eigenvalue weighted by Crippen LogP contribution is 2.20. The van der Waals surface area contributed by atoms with E-state index in [0.29, 0.717) is 27.1 Å². The Balaban J connectivity index is 2.23. The monoisotopic (exact) mass is 295 g/mol. The minimum atomic E-state index is -0.322. The van der Waals surface area contributed by atoms with Gasteiger partial charge < -0.3 is 11.1 Å². The van der Waals surface area contributed by atoms with E-state index in [1.807, 2.05) is 6.92 Å². The van der Waals surface area contributed by atoms with E-state index >= 15 is 0 Å². The van der Waals surface area contributed by atoms with E-state index < -0.39 is 0 Å². The van der Waals surface area contributed by atoms with Crippen LogP contribution in [0.3, 0.4) is 0 Å². The van der Waals surface area contributed by atoms with Crippen LogP contribution in [0.15, 0.2) is 30.5 Å². The first-order valence-corrected chi connectivity index (χ1v) is 6.21. The van der Waals surface area contributed by atoms with E-state index in [9.17, 15) is 4.79 Å². The molecule has 0 saturated carbocycles. The number of nitrogens with one attached hydrogen (secondary N) is 1. The van der Waals surface area contributed by atoms with Crippen molar-refractivity contribution in [3.8, 4) is 0 Å². The molecular formula is C13H11Cl2N3O. The minimum absolute atomic E-state index is 0.322. The number of pyridine rings is 1. The summed E-state index contributed by atoms with van der Waals surface area (Å²) in [6.45, 7) is 1.81. The van der Waals surface area contributed by atoms with Gasteiger partial charge in [0, 0.05) is 10.7 Å². The van der Waals surface area contributed by atoms with Crippen LogP contribution in [-0.2, 0) is 0 Å². The number of halogens is 2. The first kappa shape index (κ1) is 13.6. The Kier molecular flexibility index (Phi) is 3.93. The van der Waals surface area contributed by atoms with Gasteiger partial charge in [0.25, 0.3) is 5.91 Å². The molecule has 0 fully saturated rings. The van der Waals surface area contributed by atoms with E-state index in [4.69, 9.17) is 28.9 Å². The van der Waals surface area contributed by atoms with Gasteiger partial charge in [0.05, 0.1) is 17.4 Å². The van der Waals surface area contributed by atoms with Gasteiger partial charge >= 0.3 is 0 Å². The topological polar surface area (TPSA) is 68.0 Å². The van der Waals surface area contributed by atoms with Crippen LogP contribution in [0.1, 0.15) is 15.9 Å². The van der Waals surface area contributed by atoms with E-state index in [-0.39, 0.29) is 5.91 Å². The Morgan fingerprint density at radius 1 is 1.32 bits per heavy atom. The summed E-state index contributed by atoms with van der Waals surface area (Å²) in [4.78, 5) is 16.0. The number of hydrogen-bond donors (Lipinski definition) is 2. The van der Waals surface area contributed by atoms with Crippen LogP contribution >= 0.6 is 23.2 Å². The Morgan fingerprint density at radius 2 is 2.05 bits per heavy atom. The Bertz CT molecular complexity index is 644. The molecule has 19 heavy (non-hydrogen) atoms. The fraction of sp³-hybridized carbons (Fsp3) is 0.0769. The molecule has 3 N–H and O–H groups in total. The summed E-state index contributed by atoms with van der Waals surface area (Å²) < 4.78 is 0. The number of nitrogens with zero attached hydrogens (tertiary/aromatic N) is 1. The van der Waals surface area contributed by atoms with Gasteiger partial charge in [0.15, 0.2) is 0 Å². The number of nitrogen functional groups attached to an aromatic ring is 1. The summed E-state index contributed by atoms with van der Waals surface area (Å²) in [6, 6.07) is 6.45. The van der Waals surface area contributed by atoms with Crippen molar-refractivity contribution in [3.63, 3.8) is 0 Å². The molecule has 4 nitrogen and oxygen atoms in total. The van der Waals surface area contributed by atoms with Crippen molar-refractivity contribution < 1.29 is 4.79 Å². The summed E-state index contributed by atoms with van der Waals surface area (Å²) in [5, 5.41) is 3.59. The third-order valence-electron chi connectivity index (χ3n) is 2.53. The first-order chi connectivity index (χ1) is 8.97. The third kappa shape index (κ3) is 3.16. The first-order valence-electron chi connectivity index (χ1n) is 5.46. The summed E-state index contributed by atoms with van der Waals surface area (Å²) in [7, 11) is 0. The molecule has 1 amide bonds. The lowest BCUT2D eigenvalue weighted by Crippen LogP contribution is -2.14. The zero-order valence-corrected chi connectivity index (χ0v) is 11.6. The molecule has 0 aliphatic rings. The maximum absolute atomic E-state index is 12.0. The molecule has 0 spiro atoms. The number of carbonyl (C=O) groups is 1. The number of carbonyl (C=O) groups excluding carboxylic acids is 1. The van der Waals surface area contributed by atoms with Gasteiger partial charge in [-0.05, 0) is 36.8 Å². The predicted octanol–water partition coefficient (Wildman–Crippen LogP) is 3.53. The average Bonchev–Trinajstić information content (AvgIpc) is 2.33. The van der Waals surface area contributed by atoms with E-state index in [1.54, 1.807) is 18.2 Å². The molecule has 1 aromatic carbocycles. The van der Waals surface area contributed by atoms with Crippen LogP contribution in [0, 0.1) is 6.92 Å². The second-order valence-corrected chi connectivity index (χ2v) is 4.81. The largest absolute Gasteiger partial charge is 0.398 e. The highest BCUT2D eigenvalue weighted by molar-refractivity contribution is 6.31. The third-order valence-corrected chi connectivity index (χ3v) is 3.16. The number of anilines is 2. The van der Waals surface area contributed by atoms with Crippen LogP contribution in [0.4, 0.5) is 11.4 Å². The summed E-state index contributed by atoms with van der Waals surface area (Å²) in [5.74, 6) is -0.322. The van der Waals surface area contributed by atoms with Gasteiger partial charge in [-0.25, -0.2) is 4.98 Å². The SMILES string of the molecule is Cc1cc(NC(=O)c2ccc(Cl)cc2N)cnc1Cl. The maximum atomic E-state index is 12.0. The Hall–Kier alpha value is -1.78. The summed E-state index contributed by atoms with van der Waals surface area (Å²) in [6.07, 6.45) is 1.49. The van der Waals surface area contributed by atoms with Gasteiger partial charge in [-0.15, -0.1) is 0 Å². The number of benzene rings is 1. The lowest BCUT2D eigenvalue weighted by atomic mass is 10.1. The molecule has 2 aromatic rings. The molecule has 2 rings (SSSR count). The molecular weight excluding hydrogens is 285 g/mol. The van der Waals surface area contributed by atoms with Crippen molar-refractivity contribution in [2.45, 2.75) is 6.92 Å². The van der Waals surface area contributed by atoms with E-state index in [0.717, 1.165) is 5.56 Å². The van der Waals surface area contributed by atoms with Gasteiger partial charge in [0.1, 0.15) is 5.15 Å². The van der Waals surface area contributed by atoms with Crippen molar-refractivity contribution in [3.05, 3.63) is 51.8 Å². The number of amides is 1. The van der Waals surface area contributed by atoms with Crippen LogP contribution in [0.5, 0.6) is 0 Å². The molecule has 0 saturated heterocycles. The standard InChI is InChI=1S/C13H11Cl2N3O/c1-7-4-9(6-17-12(7)15)18-13(19)10-3-2-8(14)5-11(10)16/h2-6H,16H2,1H3,(H,18,19). The second kappa shape index (κ2) is 5.47. The second-order valence-electron chi connectivity index (χ2n) is 4.02. The smallest absolute Gasteiger partial charge is 0.257 e. The van der Waals surface area contributed by atoms with Crippen LogP contribution in [0.2, 0.25) is 10.2 Å². The Morgan fingerprint density at radius 3 is 2.68 bits per heavy atom. The van der Waals surface area contributed by atoms with E-state index in [2.05, 4.69) is 10.3 Å². The number of hydrogen-bond acceptors (Lipinski definition) is 3. The summed E-state index contributed by atoms with van der Waals surface area (Å²) >= 11 is 11.6. The molecule has 0 unspecified atom stereocenters. The average molecular weight is 296 g/mol. The number of aromatic nitrogens is 1. The predicted molar refractivity (Wildman–Crippen MR) is 77.8 cm³/mol. The summed E-state index contributed by atoms with van der Waals surface area (Å²) in [5.41, 5.74) is 7.77. The minimum Gasteiger partial charge on any atom is -0.398 e. The Labute approximate surface area is 120 Å². The number of nitrogens with two attached hydrogens (primary N) is 1. The fourth-order valence-corrected chi connectivity index (χ4v) is 1.85. The van der Waals surface area contributed by atoms with Gasteiger partial charge in [-0.1, -0.05) is 23.2 Å². The van der Waals surface area contributed by atoms with Crippen LogP contribution in [-0.4, -0.2) is 10.9 Å². The molecule has 0 aliphatic carbocycles. The van der Waals surface area contributed by atoms with E-state index in [1.165, 1.54) is 12.3 Å². The van der Waals surface area contributed by atoms with Crippen molar-refractivity contribution in [1.29, 1.82) is 0 Å². The number of aryl methyl sites for hydroxylation is 1. The highest BCUT2D eigenvalue weighted by Gasteiger charge is 2.11. The molecule has 0 bridgehead atoms. The molecule has 0 radical (unpaired) electrons. The van der Waals surface area contributed by atoms with Crippen molar-refractivity contribution in [2.24, 2.45) is 0 Å². The molecule has 1 heterocycles. The molecule has 0 aliphatic heterocycles. The van der Waals surface area contributed by atoms with Gasteiger partial charge in [0.2, 0.25) is 0 Å². The molecule has 98 valence electrons. The lowest BCUT2D eigenvalue weighted by molar-refractivity contribution is 0.102. The molecule has 1 aromatic heterocycles. The molecule has 0 atom stereocenters. The quantitative estimate of drug-likeness (QED) is 0.658. The molecule has 6 heteroatoms. The zero-order chi connectivity index (χ0) is 14.0. The van der Waals surface area contributed by atoms with Crippen molar-refractivity contribution >= 4 is 40.5 Å². The van der Waals surface area contributed by atoms with Crippen LogP contribution in [0.25, 0.3) is 0 Å². The number of rotatable bonds is 2. The van der Waals surface area contributed by atoms with Crippen LogP contribution < -0.4 is 11.1 Å². The lowest BCUT2D eigenvalue weighted by Gasteiger charge is -2.08. The van der Waals surface area contributed by atoms with Crippen molar-refractivity contribution in [1.82, 2.24) is 4.98 Å². The maximum Gasteiger partial charge on any atom is 0.257 e. The zero-order valence-electron chi connectivity index (χ0n) is 10.1. The van der Waals surface area contributed by atoms with Gasteiger partial charge in [-0.3, -0.25) is 4.79 Å². The fourth-order valence-electron chi connectivity index (χ4n) is 1.57. The highest BCUT2D eigenvalue weighted by atomic mass is 35.5.